The molecule has 0 radical (unpaired) electrons. The van der Waals surface area contributed by atoms with E-state index < -0.39 is 0 Å². The van der Waals surface area contributed by atoms with Crippen molar-refractivity contribution in [3.8, 4) is 0 Å². The monoisotopic (exact) mass is 168 g/mol. The molecule has 1 saturated carbocycles. The first-order valence-corrected chi connectivity index (χ1v) is 4.94. The summed E-state index contributed by atoms with van der Waals surface area (Å²) in [6.07, 6.45) is 3.28. The third-order valence-corrected chi connectivity index (χ3v) is 3.32. The molecule has 1 N–H and O–H groups in total. The van der Waals surface area contributed by atoms with Crippen molar-refractivity contribution in [1.82, 2.24) is 0 Å². The van der Waals surface area contributed by atoms with E-state index in [-0.39, 0.29) is 6.10 Å². The van der Waals surface area contributed by atoms with Gasteiger partial charge in [0.25, 0.3) is 0 Å². The van der Waals surface area contributed by atoms with Crippen LogP contribution in [0.3, 0.4) is 0 Å². The van der Waals surface area contributed by atoms with E-state index in [4.69, 9.17) is 0 Å². The average molecular weight is 168 g/mol. The maximum absolute atomic E-state index is 9.31. The molecule has 1 aliphatic rings. The lowest BCUT2D eigenvalue weighted by Crippen LogP contribution is -2.32. The largest absolute Gasteiger partial charge is 0.393 e. The van der Waals surface area contributed by atoms with Crippen molar-refractivity contribution >= 4 is 11.3 Å². The van der Waals surface area contributed by atoms with Crippen LogP contribution in [0.15, 0.2) is 17.5 Å². The van der Waals surface area contributed by atoms with Crippen LogP contribution >= 0.6 is 11.3 Å². The van der Waals surface area contributed by atoms with E-state index in [1.807, 2.05) is 0 Å². The van der Waals surface area contributed by atoms with Gasteiger partial charge in [0.1, 0.15) is 0 Å². The lowest BCUT2D eigenvalue weighted by atomic mass is 9.79. The molecule has 2 heteroatoms. The van der Waals surface area contributed by atoms with Gasteiger partial charge in [-0.05, 0) is 36.6 Å². The summed E-state index contributed by atoms with van der Waals surface area (Å²) in [5.74, 6) is 0.550. The van der Waals surface area contributed by atoms with Crippen LogP contribution < -0.4 is 0 Å². The Morgan fingerprint density at radius 2 is 2.45 bits per heavy atom. The van der Waals surface area contributed by atoms with E-state index in [0.29, 0.717) is 5.92 Å². The van der Waals surface area contributed by atoms with Crippen LogP contribution in [0.4, 0.5) is 0 Å². The molecule has 1 aromatic rings. The molecule has 60 valence electrons. The van der Waals surface area contributed by atoms with E-state index in [9.17, 15) is 5.11 Å². The van der Waals surface area contributed by atoms with Gasteiger partial charge in [0, 0.05) is 4.88 Å². The molecule has 1 aliphatic carbocycles. The molecule has 0 aromatic carbocycles. The van der Waals surface area contributed by atoms with Crippen molar-refractivity contribution in [2.24, 2.45) is 5.92 Å². The van der Waals surface area contributed by atoms with Crippen LogP contribution in [0.25, 0.3) is 0 Å². The normalized spacial score (nSPS) is 29.9. The van der Waals surface area contributed by atoms with Gasteiger partial charge in [0.05, 0.1) is 6.10 Å². The number of hydrogen-bond donors (Lipinski definition) is 1. The SMILES string of the molecule is OC1CCC1Cc1cccs1. The van der Waals surface area contributed by atoms with Gasteiger partial charge in [0.15, 0.2) is 0 Å². The fraction of sp³-hybridized carbons (Fsp3) is 0.556. The molecule has 11 heavy (non-hydrogen) atoms. The fourth-order valence-corrected chi connectivity index (χ4v) is 2.28. The van der Waals surface area contributed by atoms with Gasteiger partial charge in [-0.25, -0.2) is 0 Å². The number of rotatable bonds is 2. The zero-order chi connectivity index (χ0) is 7.68. The van der Waals surface area contributed by atoms with E-state index in [0.717, 1.165) is 12.8 Å². The van der Waals surface area contributed by atoms with Gasteiger partial charge in [-0.3, -0.25) is 0 Å². The highest BCUT2D eigenvalue weighted by Crippen LogP contribution is 2.31. The number of aliphatic hydroxyl groups is 1. The number of aliphatic hydroxyl groups excluding tert-OH is 1. The zero-order valence-corrected chi connectivity index (χ0v) is 7.18. The minimum Gasteiger partial charge on any atom is -0.393 e. The number of thiophene rings is 1. The maximum atomic E-state index is 9.31. The van der Waals surface area contributed by atoms with Crippen molar-refractivity contribution in [3.05, 3.63) is 22.4 Å². The molecule has 0 amide bonds. The number of hydrogen-bond acceptors (Lipinski definition) is 2. The molecule has 2 rings (SSSR count). The van der Waals surface area contributed by atoms with Crippen molar-refractivity contribution in [2.45, 2.75) is 25.4 Å². The molecule has 0 spiro atoms. The van der Waals surface area contributed by atoms with Gasteiger partial charge in [-0.15, -0.1) is 11.3 Å². The Morgan fingerprint density at radius 3 is 2.91 bits per heavy atom. The third-order valence-electron chi connectivity index (χ3n) is 2.42. The van der Waals surface area contributed by atoms with Crippen molar-refractivity contribution < 1.29 is 5.11 Å². The standard InChI is InChI=1S/C9H12OS/c10-9-4-3-7(9)6-8-2-1-5-11-8/h1-2,5,7,9-10H,3-4,6H2. The lowest BCUT2D eigenvalue weighted by Gasteiger charge is -2.31. The minimum absolute atomic E-state index is 0.0166. The molecular weight excluding hydrogens is 156 g/mol. The van der Waals surface area contributed by atoms with Crippen LogP contribution in [0.1, 0.15) is 17.7 Å². The Labute approximate surface area is 70.7 Å². The zero-order valence-electron chi connectivity index (χ0n) is 6.36. The Bertz CT molecular complexity index is 217. The van der Waals surface area contributed by atoms with Crippen molar-refractivity contribution in [3.63, 3.8) is 0 Å². The van der Waals surface area contributed by atoms with Crippen LogP contribution in [0.2, 0.25) is 0 Å². The molecule has 1 fully saturated rings. The van der Waals surface area contributed by atoms with Gasteiger partial charge < -0.3 is 5.11 Å². The molecule has 2 atom stereocenters. The summed E-state index contributed by atoms with van der Waals surface area (Å²) < 4.78 is 0. The second kappa shape index (κ2) is 2.95. The first-order valence-electron chi connectivity index (χ1n) is 4.06. The highest BCUT2D eigenvalue weighted by atomic mass is 32.1. The molecule has 1 nitrogen and oxygen atoms in total. The second-order valence-electron chi connectivity index (χ2n) is 3.19. The van der Waals surface area contributed by atoms with E-state index in [1.165, 1.54) is 11.3 Å². The first kappa shape index (κ1) is 7.32. The molecule has 1 aromatic heterocycles. The molecular formula is C9H12OS. The minimum atomic E-state index is -0.0166. The Morgan fingerprint density at radius 1 is 1.55 bits per heavy atom. The van der Waals surface area contributed by atoms with E-state index >= 15 is 0 Å². The van der Waals surface area contributed by atoms with Crippen LogP contribution in [-0.2, 0) is 6.42 Å². The quantitative estimate of drug-likeness (QED) is 0.716. The molecule has 0 bridgehead atoms. The summed E-state index contributed by atoms with van der Waals surface area (Å²) in [7, 11) is 0. The van der Waals surface area contributed by atoms with Gasteiger partial charge in [0.2, 0.25) is 0 Å². The molecule has 2 unspecified atom stereocenters. The summed E-state index contributed by atoms with van der Waals surface area (Å²) in [5.41, 5.74) is 0. The van der Waals surface area contributed by atoms with Crippen LogP contribution in [-0.4, -0.2) is 11.2 Å². The summed E-state index contributed by atoms with van der Waals surface area (Å²) >= 11 is 1.79. The third kappa shape index (κ3) is 1.47. The second-order valence-corrected chi connectivity index (χ2v) is 4.22. The Kier molecular flexibility index (Phi) is 1.96. The van der Waals surface area contributed by atoms with Crippen LogP contribution in [0.5, 0.6) is 0 Å². The Balaban J connectivity index is 1.91. The maximum Gasteiger partial charge on any atom is 0.0572 e. The smallest absolute Gasteiger partial charge is 0.0572 e. The highest BCUT2D eigenvalue weighted by Gasteiger charge is 2.28. The summed E-state index contributed by atoms with van der Waals surface area (Å²) in [5, 5.41) is 11.4. The molecule has 0 saturated heterocycles. The Hall–Kier alpha value is -0.340. The average Bonchev–Trinajstić information content (AvgIpc) is 2.49. The topological polar surface area (TPSA) is 20.2 Å². The highest BCUT2D eigenvalue weighted by molar-refractivity contribution is 7.09. The van der Waals surface area contributed by atoms with Gasteiger partial charge in [-0.2, -0.15) is 0 Å². The molecule has 0 aliphatic heterocycles. The lowest BCUT2D eigenvalue weighted by molar-refractivity contribution is 0.0248. The van der Waals surface area contributed by atoms with Crippen molar-refractivity contribution in [2.75, 3.05) is 0 Å². The summed E-state index contributed by atoms with van der Waals surface area (Å²) in [6.45, 7) is 0. The van der Waals surface area contributed by atoms with Gasteiger partial charge in [-0.1, -0.05) is 6.07 Å². The fourth-order valence-electron chi connectivity index (χ4n) is 1.48. The summed E-state index contributed by atoms with van der Waals surface area (Å²) in [4.78, 5) is 1.41. The first-order chi connectivity index (χ1) is 5.36. The van der Waals surface area contributed by atoms with E-state index in [2.05, 4.69) is 17.5 Å². The predicted octanol–water partition coefficient (Wildman–Crippen LogP) is 2.06. The summed E-state index contributed by atoms with van der Waals surface area (Å²) in [6, 6.07) is 4.22. The predicted molar refractivity (Wildman–Crippen MR) is 46.8 cm³/mol. The van der Waals surface area contributed by atoms with Gasteiger partial charge >= 0.3 is 0 Å². The van der Waals surface area contributed by atoms with Crippen molar-refractivity contribution in [1.29, 1.82) is 0 Å². The van der Waals surface area contributed by atoms with E-state index in [1.54, 1.807) is 11.3 Å². The van der Waals surface area contributed by atoms with Crippen LogP contribution in [0, 0.1) is 5.92 Å². The molecule has 1 heterocycles.